The lowest BCUT2D eigenvalue weighted by Gasteiger charge is -2.47. The first-order valence-corrected chi connectivity index (χ1v) is 17.9. The van der Waals surface area contributed by atoms with Crippen molar-refractivity contribution in [3.05, 3.63) is 166 Å². The van der Waals surface area contributed by atoms with Crippen LogP contribution in [0.5, 0.6) is 0 Å². The second-order valence-corrected chi connectivity index (χ2v) is 16.7. The fourth-order valence-corrected chi connectivity index (χ4v) is 9.38. The molecule has 242 valence electrons. The molecule has 4 aliphatic carbocycles. The average molecular weight is 629 g/mol. The lowest BCUT2D eigenvalue weighted by atomic mass is 9.28. The highest BCUT2D eigenvalue weighted by molar-refractivity contribution is 6.78. The molecule has 0 amide bonds. The van der Waals surface area contributed by atoms with Gasteiger partial charge in [0.15, 0.2) is 0 Å². The molecule has 0 spiro atoms. The van der Waals surface area contributed by atoms with E-state index in [1.165, 1.54) is 61.6 Å². The maximum absolute atomic E-state index is 4.90. The normalized spacial score (nSPS) is 26.9. The Bertz CT molecular complexity index is 1960. The molecular weight excluding hydrogens is 579 g/mol. The number of allylic oxidation sites excluding steroid dienone is 14. The topological polar surface area (TPSA) is 6.48 Å². The van der Waals surface area contributed by atoms with Gasteiger partial charge in [-0.05, 0) is 95.0 Å². The minimum atomic E-state index is 0.102. The lowest BCUT2D eigenvalue weighted by molar-refractivity contribution is 0.588. The van der Waals surface area contributed by atoms with E-state index in [0.717, 1.165) is 12.1 Å². The third kappa shape index (κ3) is 4.68. The number of rotatable bonds is 2. The van der Waals surface area contributed by atoms with Crippen molar-refractivity contribution in [2.45, 2.75) is 84.5 Å². The second-order valence-electron chi connectivity index (χ2n) is 16.7. The quantitative estimate of drug-likeness (QED) is 0.305. The monoisotopic (exact) mass is 628 g/mol. The summed E-state index contributed by atoms with van der Waals surface area (Å²) in [6, 6.07) is 18.9. The van der Waals surface area contributed by atoms with E-state index in [-0.39, 0.29) is 29.5 Å². The van der Waals surface area contributed by atoms with Crippen LogP contribution in [0.3, 0.4) is 0 Å². The summed E-state index contributed by atoms with van der Waals surface area (Å²) in [4.78, 5) is 5.23. The van der Waals surface area contributed by atoms with E-state index in [2.05, 4.69) is 168 Å². The average Bonchev–Trinajstić information content (AvgIpc) is 3.16. The number of nitrogens with zero attached hydrogens (tertiary/aromatic N) is 2. The molecule has 0 aromatic heterocycles. The molecule has 2 heterocycles. The fraction of sp³-hybridized carbons (Fsp3) is 0.333. The van der Waals surface area contributed by atoms with Gasteiger partial charge in [0.25, 0.3) is 0 Å². The molecule has 0 N–H and O–H groups in total. The summed E-state index contributed by atoms with van der Waals surface area (Å²) in [7, 11) is 0. The van der Waals surface area contributed by atoms with Crippen molar-refractivity contribution in [1.29, 1.82) is 0 Å². The van der Waals surface area contributed by atoms with Crippen molar-refractivity contribution in [1.82, 2.24) is 0 Å². The molecule has 2 bridgehead atoms. The van der Waals surface area contributed by atoms with Gasteiger partial charge >= 0.3 is 0 Å². The van der Waals surface area contributed by atoms with Gasteiger partial charge in [-0.25, -0.2) is 0 Å². The van der Waals surface area contributed by atoms with Crippen LogP contribution in [0, 0.1) is 11.8 Å². The van der Waals surface area contributed by atoms with E-state index >= 15 is 0 Å². The molecule has 1 saturated heterocycles. The lowest BCUT2D eigenvalue weighted by Crippen LogP contribution is -2.50. The van der Waals surface area contributed by atoms with Gasteiger partial charge in [-0.2, -0.15) is 0 Å². The minimum absolute atomic E-state index is 0.102. The molecule has 2 aliphatic heterocycles. The van der Waals surface area contributed by atoms with E-state index in [4.69, 9.17) is 6.58 Å². The minimum Gasteiger partial charge on any atom is -0.336 e. The van der Waals surface area contributed by atoms with E-state index in [0.29, 0.717) is 11.7 Å². The zero-order valence-corrected chi connectivity index (χ0v) is 30.0. The zero-order chi connectivity index (χ0) is 33.7. The number of fused-ring (bicyclic) bond motifs is 4. The molecule has 2 aromatic rings. The van der Waals surface area contributed by atoms with Crippen molar-refractivity contribution in [2.24, 2.45) is 11.8 Å². The van der Waals surface area contributed by atoms with Crippen LogP contribution in [0.25, 0.3) is 0 Å². The van der Waals surface area contributed by atoms with Gasteiger partial charge < -0.3 is 9.80 Å². The molecule has 2 nitrogen and oxygen atoms in total. The molecular formula is C45H49BN2. The number of hydrogen-bond acceptors (Lipinski definition) is 2. The third-order valence-electron chi connectivity index (χ3n) is 11.7. The standard InChI is InChI=1S/C45H49BN2/c1-10-38-29(3)47(33-21-17-31(18-22-33)44(4,5)6)40-26-28(2)25-35-27-39(40)46(38)42-36-15-11-13-30-14-12-16-37(41(30)36)43(42)48(35)34-23-19-32(20-24-34)45(7,8)9/h10-26,37,39-41H,3,27H2,1-2,4-9H3/b38-10+/t37?,39-,40?,41?/m1/s1. The molecule has 0 saturated carbocycles. The van der Waals surface area contributed by atoms with Crippen molar-refractivity contribution >= 4 is 18.1 Å². The van der Waals surface area contributed by atoms with E-state index in [9.17, 15) is 0 Å². The molecule has 2 aromatic carbocycles. The van der Waals surface area contributed by atoms with E-state index < -0.39 is 0 Å². The summed E-state index contributed by atoms with van der Waals surface area (Å²) in [6.45, 7) is 23.4. The molecule has 3 unspecified atom stereocenters. The molecule has 6 aliphatic rings. The van der Waals surface area contributed by atoms with Crippen molar-refractivity contribution in [3.8, 4) is 0 Å². The van der Waals surface area contributed by atoms with Crippen molar-refractivity contribution in [3.63, 3.8) is 0 Å². The Hall–Kier alpha value is -4.24. The second kappa shape index (κ2) is 10.9. The zero-order valence-electron chi connectivity index (χ0n) is 30.0. The van der Waals surface area contributed by atoms with Crippen LogP contribution in [0.15, 0.2) is 155 Å². The molecule has 4 atom stereocenters. The van der Waals surface area contributed by atoms with Gasteiger partial charge in [0.2, 0.25) is 6.71 Å². The summed E-state index contributed by atoms with van der Waals surface area (Å²) in [5, 5.41) is 0. The molecule has 1 fully saturated rings. The van der Waals surface area contributed by atoms with Crippen LogP contribution in [-0.2, 0) is 10.8 Å². The van der Waals surface area contributed by atoms with Gasteiger partial charge in [-0.15, -0.1) is 0 Å². The highest BCUT2D eigenvalue weighted by Gasteiger charge is 2.55. The maximum atomic E-state index is 4.90. The van der Waals surface area contributed by atoms with Crippen molar-refractivity contribution < 1.29 is 0 Å². The summed E-state index contributed by atoms with van der Waals surface area (Å²) in [5.74, 6) is 0.987. The molecule has 0 radical (unpaired) electrons. The molecule has 8 rings (SSSR count). The first-order valence-electron chi connectivity index (χ1n) is 17.9. The van der Waals surface area contributed by atoms with Gasteiger partial charge in [-0.3, -0.25) is 0 Å². The predicted molar refractivity (Wildman–Crippen MR) is 206 cm³/mol. The van der Waals surface area contributed by atoms with Crippen LogP contribution in [0.2, 0.25) is 5.82 Å². The third-order valence-corrected chi connectivity index (χ3v) is 11.7. The number of hydrogen-bond donors (Lipinski definition) is 0. The van der Waals surface area contributed by atoms with E-state index in [1.807, 2.05) is 0 Å². The van der Waals surface area contributed by atoms with Crippen molar-refractivity contribution in [2.75, 3.05) is 9.80 Å². The van der Waals surface area contributed by atoms with Crippen LogP contribution >= 0.6 is 0 Å². The summed E-state index contributed by atoms with van der Waals surface area (Å²) in [6.07, 6.45) is 22.5. The largest absolute Gasteiger partial charge is 0.336 e. The summed E-state index contributed by atoms with van der Waals surface area (Å²) < 4.78 is 0. The Morgan fingerprint density at radius 3 is 2.12 bits per heavy atom. The van der Waals surface area contributed by atoms with Crippen LogP contribution < -0.4 is 9.80 Å². The number of benzene rings is 2. The van der Waals surface area contributed by atoms with Crippen LogP contribution in [-0.4, -0.2) is 12.8 Å². The summed E-state index contributed by atoms with van der Waals surface area (Å²) >= 11 is 0. The Morgan fingerprint density at radius 2 is 1.50 bits per heavy atom. The Morgan fingerprint density at radius 1 is 0.854 bits per heavy atom. The highest BCUT2D eigenvalue weighted by Crippen LogP contribution is 2.60. The number of anilines is 2. The Labute approximate surface area is 289 Å². The van der Waals surface area contributed by atoms with Gasteiger partial charge in [0.1, 0.15) is 0 Å². The smallest absolute Gasteiger partial charge is 0.220 e. The Balaban J connectivity index is 1.36. The van der Waals surface area contributed by atoms with Crippen LogP contribution in [0.4, 0.5) is 11.4 Å². The summed E-state index contributed by atoms with van der Waals surface area (Å²) in [5.41, 5.74) is 16.5. The predicted octanol–water partition coefficient (Wildman–Crippen LogP) is 11.1. The molecule has 3 heteroatoms. The molecule has 48 heavy (non-hydrogen) atoms. The van der Waals surface area contributed by atoms with E-state index in [1.54, 1.807) is 0 Å². The first kappa shape index (κ1) is 31.1. The van der Waals surface area contributed by atoms with Gasteiger partial charge in [-0.1, -0.05) is 132 Å². The first-order chi connectivity index (χ1) is 22.9. The van der Waals surface area contributed by atoms with Gasteiger partial charge in [0, 0.05) is 40.3 Å². The highest BCUT2D eigenvalue weighted by atomic mass is 15.2. The fourth-order valence-electron chi connectivity index (χ4n) is 9.38. The van der Waals surface area contributed by atoms with Gasteiger partial charge in [0.05, 0.1) is 6.04 Å². The Kier molecular flexibility index (Phi) is 7.05. The van der Waals surface area contributed by atoms with Crippen LogP contribution in [0.1, 0.15) is 72.9 Å². The SMILES string of the molecule is C=C1/C(=C\C)B2C3=C(C4C=CC=C5C=CC=C3C54)N(c3ccc(C(C)(C)C)cc3)C3=CC(C)=CC([C@H]2C3)N1c1ccc(C(C)(C)C)cc1. The maximum Gasteiger partial charge on any atom is 0.220 e.